The molecule has 18 heavy (non-hydrogen) atoms. The van der Waals surface area contributed by atoms with Crippen LogP contribution < -0.4 is 10.6 Å². The van der Waals surface area contributed by atoms with Gasteiger partial charge in [-0.1, -0.05) is 0 Å². The minimum Gasteiger partial charge on any atom is -0.350 e. The molecule has 0 spiro atoms. The van der Waals surface area contributed by atoms with Crippen molar-refractivity contribution in [1.29, 1.82) is 0 Å². The van der Waals surface area contributed by atoms with Crippen molar-refractivity contribution >= 4 is 29.3 Å². The summed E-state index contributed by atoms with van der Waals surface area (Å²) in [6, 6.07) is 4.91. The van der Waals surface area contributed by atoms with Gasteiger partial charge in [-0.15, -0.1) is 12.4 Å². The average molecular weight is 269 g/mol. The summed E-state index contributed by atoms with van der Waals surface area (Å²) < 4.78 is 13.0. The zero-order chi connectivity index (χ0) is 11.7. The lowest BCUT2D eigenvalue weighted by Crippen LogP contribution is -2.23. The molecule has 0 amide bonds. The minimum atomic E-state index is -0.262. The molecular weight excluding hydrogens is 255 g/mol. The standard InChI is InChI=1S/C12H13FN4.ClH/c13-9-1-2-11-8(5-9)6-15-12(17-11)16-10-3-4-14-7-10;/h1-2,5-6,10,14H,3-4,7H2,(H,15,16,17);1H. The van der Waals surface area contributed by atoms with Gasteiger partial charge in [0, 0.05) is 24.2 Å². The largest absolute Gasteiger partial charge is 0.350 e. The lowest BCUT2D eigenvalue weighted by atomic mass is 10.2. The van der Waals surface area contributed by atoms with Gasteiger partial charge in [-0.05, 0) is 31.2 Å². The number of benzene rings is 1. The molecule has 1 saturated heterocycles. The van der Waals surface area contributed by atoms with Crippen LogP contribution in [0.25, 0.3) is 10.9 Å². The fourth-order valence-electron chi connectivity index (χ4n) is 2.03. The number of rotatable bonds is 2. The summed E-state index contributed by atoms with van der Waals surface area (Å²) in [6.45, 7) is 1.96. The van der Waals surface area contributed by atoms with Crippen LogP contribution in [0.3, 0.4) is 0 Å². The first-order valence-electron chi connectivity index (χ1n) is 5.71. The lowest BCUT2D eigenvalue weighted by molar-refractivity contribution is 0.629. The van der Waals surface area contributed by atoms with Crippen LogP contribution in [0.4, 0.5) is 10.3 Å². The monoisotopic (exact) mass is 268 g/mol. The van der Waals surface area contributed by atoms with Crippen molar-refractivity contribution in [3.05, 3.63) is 30.2 Å². The number of aromatic nitrogens is 2. The van der Waals surface area contributed by atoms with E-state index < -0.39 is 0 Å². The van der Waals surface area contributed by atoms with Crippen molar-refractivity contribution in [3.63, 3.8) is 0 Å². The molecule has 6 heteroatoms. The maximum absolute atomic E-state index is 13.0. The second-order valence-corrected chi connectivity index (χ2v) is 4.23. The fraction of sp³-hybridized carbons (Fsp3) is 0.333. The summed E-state index contributed by atoms with van der Waals surface area (Å²) in [6.07, 6.45) is 2.72. The SMILES string of the molecule is Cl.Fc1ccc2nc(NC3CCNC3)ncc2c1. The van der Waals surface area contributed by atoms with Crippen LogP contribution in [-0.4, -0.2) is 29.1 Å². The Labute approximate surface area is 110 Å². The van der Waals surface area contributed by atoms with E-state index in [2.05, 4.69) is 20.6 Å². The second-order valence-electron chi connectivity index (χ2n) is 4.23. The van der Waals surface area contributed by atoms with Crippen LogP contribution in [0.15, 0.2) is 24.4 Å². The van der Waals surface area contributed by atoms with Crippen molar-refractivity contribution in [2.24, 2.45) is 0 Å². The number of nitrogens with zero attached hydrogens (tertiary/aromatic N) is 2. The maximum atomic E-state index is 13.0. The third kappa shape index (κ3) is 2.68. The molecule has 1 aromatic heterocycles. The van der Waals surface area contributed by atoms with Crippen LogP contribution in [0, 0.1) is 5.82 Å². The maximum Gasteiger partial charge on any atom is 0.223 e. The highest BCUT2D eigenvalue weighted by Gasteiger charge is 2.14. The van der Waals surface area contributed by atoms with Gasteiger partial charge in [0.25, 0.3) is 0 Å². The van der Waals surface area contributed by atoms with Gasteiger partial charge in [-0.2, -0.15) is 0 Å². The van der Waals surface area contributed by atoms with Gasteiger partial charge in [0.05, 0.1) is 5.52 Å². The van der Waals surface area contributed by atoms with Crippen molar-refractivity contribution in [3.8, 4) is 0 Å². The highest BCUT2D eigenvalue weighted by atomic mass is 35.5. The normalized spacial score (nSPS) is 18.6. The van der Waals surface area contributed by atoms with Crippen LogP contribution in [0.1, 0.15) is 6.42 Å². The molecule has 2 aromatic rings. The van der Waals surface area contributed by atoms with Gasteiger partial charge in [-0.25, -0.2) is 14.4 Å². The molecular formula is C12H14ClFN4. The van der Waals surface area contributed by atoms with E-state index in [1.54, 1.807) is 12.3 Å². The van der Waals surface area contributed by atoms with E-state index >= 15 is 0 Å². The summed E-state index contributed by atoms with van der Waals surface area (Å²) in [5.41, 5.74) is 0.759. The number of halogens is 2. The van der Waals surface area contributed by atoms with E-state index in [1.807, 2.05) is 0 Å². The first kappa shape index (κ1) is 13.0. The molecule has 96 valence electrons. The quantitative estimate of drug-likeness (QED) is 0.874. The molecule has 0 bridgehead atoms. The summed E-state index contributed by atoms with van der Waals surface area (Å²) >= 11 is 0. The molecule has 3 rings (SSSR count). The third-order valence-corrected chi connectivity index (χ3v) is 2.94. The van der Waals surface area contributed by atoms with E-state index in [9.17, 15) is 4.39 Å². The number of fused-ring (bicyclic) bond motifs is 1. The van der Waals surface area contributed by atoms with Crippen molar-refractivity contribution < 1.29 is 4.39 Å². The molecule has 4 nitrogen and oxygen atoms in total. The first-order valence-corrected chi connectivity index (χ1v) is 5.71. The predicted molar refractivity (Wildman–Crippen MR) is 71.6 cm³/mol. The first-order chi connectivity index (χ1) is 8.31. The van der Waals surface area contributed by atoms with E-state index in [0.717, 1.165) is 30.4 Å². The molecule has 1 atom stereocenters. The molecule has 1 aliphatic heterocycles. The van der Waals surface area contributed by atoms with Crippen molar-refractivity contribution in [1.82, 2.24) is 15.3 Å². The molecule has 2 heterocycles. The van der Waals surface area contributed by atoms with E-state index in [4.69, 9.17) is 0 Å². The highest BCUT2D eigenvalue weighted by Crippen LogP contribution is 2.15. The van der Waals surface area contributed by atoms with Crippen LogP contribution in [-0.2, 0) is 0 Å². The third-order valence-electron chi connectivity index (χ3n) is 2.94. The van der Waals surface area contributed by atoms with Gasteiger partial charge < -0.3 is 10.6 Å². The van der Waals surface area contributed by atoms with Gasteiger partial charge in [0.1, 0.15) is 5.82 Å². The zero-order valence-electron chi connectivity index (χ0n) is 9.69. The number of hydrogen-bond acceptors (Lipinski definition) is 4. The van der Waals surface area contributed by atoms with E-state index in [0.29, 0.717) is 12.0 Å². The molecule has 0 aliphatic carbocycles. The summed E-state index contributed by atoms with van der Waals surface area (Å²) in [5, 5.41) is 7.26. The number of nitrogens with one attached hydrogen (secondary N) is 2. The Morgan fingerprint density at radius 2 is 2.28 bits per heavy atom. The zero-order valence-corrected chi connectivity index (χ0v) is 10.5. The predicted octanol–water partition coefficient (Wildman–Crippen LogP) is 1.96. The second kappa shape index (κ2) is 5.46. The Bertz CT molecular complexity index is 543. The van der Waals surface area contributed by atoms with Crippen LogP contribution in [0.5, 0.6) is 0 Å². The fourth-order valence-corrected chi connectivity index (χ4v) is 2.03. The van der Waals surface area contributed by atoms with Gasteiger partial charge in [-0.3, -0.25) is 0 Å². The Balaban J connectivity index is 0.00000120. The lowest BCUT2D eigenvalue weighted by Gasteiger charge is -2.11. The molecule has 1 aromatic carbocycles. The summed E-state index contributed by atoms with van der Waals surface area (Å²) in [5.74, 6) is 0.347. The molecule has 0 saturated carbocycles. The topological polar surface area (TPSA) is 49.8 Å². The van der Waals surface area contributed by atoms with Crippen LogP contribution in [0.2, 0.25) is 0 Å². The van der Waals surface area contributed by atoms with Gasteiger partial charge >= 0.3 is 0 Å². The highest BCUT2D eigenvalue weighted by molar-refractivity contribution is 5.85. The van der Waals surface area contributed by atoms with Crippen molar-refractivity contribution in [2.45, 2.75) is 12.5 Å². The van der Waals surface area contributed by atoms with Crippen LogP contribution >= 0.6 is 12.4 Å². The number of hydrogen-bond donors (Lipinski definition) is 2. The molecule has 1 fully saturated rings. The van der Waals surface area contributed by atoms with Crippen molar-refractivity contribution in [2.75, 3.05) is 18.4 Å². The van der Waals surface area contributed by atoms with E-state index in [1.165, 1.54) is 12.1 Å². The van der Waals surface area contributed by atoms with Gasteiger partial charge in [0.15, 0.2) is 0 Å². The Hall–Kier alpha value is -1.46. The average Bonchev–Trinajstić information content (AvgIpc) is 2.82. The summed E-state index contributed by atoms with van der Waals surface area (Å²) in [4.78, 5) is 8.56. The van der Waals surface area contributed by atoms with Gasteiger partial charge in [0.2, 0.25) is 5.95 Å². The minimum absolute atomic E-state index is 0. The molecule has 1 aliphatic rings. The molecule has 2 N–H and O–H groups in total. The number of anilines is 1. The Morgan fingerprint density at radius 3 is 3.06 bits per heavy atom. The Morgan fingerprint density at radius 1 is 1.39 bits per heavy atom. The summed E-state index contributed by atoms with van der Waals surface area (Å²) in [7, 11) is 0. The smallest absolute Gasteiger partial charge is 0.223 e. The Kier molecular flexibility index (Phi) is 3.93. The van der Waals surface area contributed by atoms with E-state index in [-0.39, 0.29) is 18.2 Å². The molecule has 1 unspecified atom stereocenters. The molecule has 0 radical (unpaired) electrons.